The number of aromatic nitrogens is 2. The predicted molar refractivity (Wildman–Crippen MR) is 221 cm³/mol. The highest BCUT2D eigenvalue weighted by Gasteiger charge is 2.38. The normalized spacial score (nSPS) is 18.7. The summed E-state index contributed by atoms with van der Waals surface area (Å²) >= 11 is 0. The number of nitrogens with one attached hydrogen (secondary N) is 3. The number of unbranched alkanes of at least 4 members (excludes halogenated alkanes) is 1. The summed E-state index contributed by atoms with van der Waals surface area (Å²) < 4.78 is 45.4. The number of carbonyl (C=O) groups is 1. The Balaban J connectivity index is 1.26. The first-order chi connectivity index (χ1) is 26.7. The quantitative estimate of drug-likeness (QED) is 0.0305. The molecule has 0 aliphatic carbocycles. The number of nitrogens with zero attached hydrogens (tertiary/aromatic N) is 1. The van der Waals surface area contributed by atoms with Gasteiger partial charge in [0.05, 0.1) is 18.9 Å². The zero-order valence-electron chi connectivity index (χ0n) is 31.3. The van der Waals surface area contributed by atoms with E-state index in [0.717, 1.165) is 49.5 Å². The van der Waals surface area contributed by atoms with Gasteiger partial charge in [0, 0.05) is 37.4 Å². The van der Waals surface area contributed by atoms with E-state index >= 15 is 0 Å². The van der Waals surface area contributed by atoms with Crippen molar-refractivity contribution in [2.45, 2.75) is 83.1 Å². The van der Waals surface area contributed by atoms with Gasteiger partial charge in [0.1, 0.15) is 18.1 Å². The molecule has 55 heavy (non-hydrogen) atoms. The minimum absolute atomic E-state index is 0.0244. The van der Waals surface area contributed by atoms with E-state index in [1.807, 2.05) is 4.98 Å². The lowest BCUT2D eigenvalue weighted by atomic mass is 10.2. The summed E-state index contributed by atoms with van der Waals surface area (Å²) in [5, 5.41) is 16.3. The van der Waals surface area contributed by atoms with Gasteiger partial charge < -0.3 is 19.7 Å². The second-order valence-electron chi connectivity index (χ2n) is 12.3. The number of rotatable bonds is 27. The molecule has 16 heteroatoms. The molecule has 302 valence electrons. The van der Waals surface area contributed by atoms with Crippen molar-refractivity contribution < 1.29 is 32.6 Å². The van der Waals surface area contributed by atoms with E-state index in [9.17, 15) is 28.4 Å². The second-order valence-corrected chi connectivity index (χ2v) is 16.7. The largest absolute Gasteiger partial charge is 0.458 e. The van der Waals surface area contributed by atoms with Crippen LogP contribution in [0.4, 0.5) is 4.39 Å². The Labute approximate surface area is 330 Å². The average molecular weight is 821 g/mol. The molecule has 1 saturated heterocycles. The monoisotopic (exact) mass is 820 g/mol. The number of ether oxygens (including phenoxy) is 1. The first-order valence-corrected chi connectivity index (χ1v) is 22.6. The molecule has 2 aromatic rings. The molecule has 0 bridgehead atoms. The molecular formula is C39H54FN4O8PS2. The molecule has 1 aromatic heterocycles. The molecule has 4 atom stereocenters. The SMILES string of the molecule is CCC=CCC=CCC=CCC=CCC=CCCCC(=O)NCCSSCCNP(=O)(OCC1OC(n2cc(F)c(=O)[nH]c2=O)CC1O)Oc1ccccc1. The van der Waals surface area contributed by atoms with Gasteiger partial charge in [-0.15, -0.1) is 0 Å². The first-order valence-electron chi connectivity index (χ1n) is 18.6. The third kappa shape index (κ3) is 19.3. The van der Waals surface area contributed by atoms with Crippen molar-refractivity contribution in [2.24, 2.45) is 0 Å². The van der Waals surface area contributed by atoms with Crippen LogP contribution in [0.1, 0.15) is 70.9 Å². The van der Waals surface area contributed by atoms with E-state index in [4.69, 9.17) is 13.8 Å². The van der Waals surface area contributed by atoms with Gasteiger partial charge in [-0.3, -0.25) is 23.7 Å². The molecule has 1 aliphatic rings. The van der Waals surface area contributed by atoms with E-state index in [0.29, 0.717) is 36.4 Å². The number of aliphatic hydroxyl groups excluding tert-OH is 1. The molecule has 0 saturated carbocycles. The number of amides is 1. The van der Waals surface area contributed by atoms with Crippen molar-refractivity contribution in [2.75, 3.05) is 31.2 Å². The van der Waals surface area contributed by atoms with Crippen LogP contribution in [0.2, 0.25) is 0 Å². The third-order valence-corrected chi connectivity index (χ3v) is 11.8. The number of para-hydroxylation sites is 1. The van der Waals surface area contributed by atoms with Crippen molar-refractivity contribution >= 4 is 35.2 Å². The van der Waals surface area contributed by atoms with Crippen LogP contribution < -0.4 is 26.2 Å². The molecule has 4 N–H and O–H groups in total. The van der Waals surface area contributed by atoms with Crippen molar-refractivity contribution in [1.29, 1.82) is 0 Å². The summed E-state index contributed by atoms with van der Waals surface area (Å²) in [6, 6.07) is 8.45. The van der Waals surface area contributed by atoms with Gasteiger partial charge >= 0.3 is 13.4 Å². The Bertz CT molecular complexity index is 1730. The zero-order chi connectivity index (χ0) is 39.6. The van der Waals surface area contributed by atoms with Crippen molar-refractivity contribution in [3.8, 4) is 5.75 Å². The Morgan fingerprint density at radius 2 is 1.60 bits per heavy atom. The zero-order valence-corrected chi connectivity index (χ0v) is 33.8. The van der Waals surface area contributed by atoms with E-state index < -0.39 is 43.2 Å². The van der Waals surface area contributed by atoms with E-state index in [1.54, 1.807) is 41.1 Å². The van der Waals surface area contributed by atoms with Gasteiger partial charge in [0.15, 0.2) is 0 Å². The molecule has 0 radical (unpaired) electrons. The van der Waals surface area contributed by atoms with Crippen LogP contribution in [-0.2, 0) is 18.6 Å². The maximum atomic E-state index is 13.8. The number of carbonyl (C=O) groups excluding carboxylic acids is 1. The first kappa shape index (κ1) is 46.0. The van der Waals surface area contributed by atoms with Gasteiger partial charge in [-0.05, 0) is 57.1 Å². The molecular weight excluding hydrogens is 767 g/mol. The summed E-state index contributed by atoms with van der Waals surface area (Å²) in [4.78, 5) is 37.6. The number of aliphatic hydroxyl groups is 1. The second kappa shape index (κ2) is 27.2. The van der Waals surface area contributed by atoms with Gasteiger partial charge in [0.25, 0.3) is 5.56 Å². The highest BCUT2D eigenvalue weighted by molar-refractivity contribution is 8.76. The van der Waals surface area contributed by atoms with Crippen LogP contribution in [0.15, 0.2) is 107 Å². The molecule has 2 heterocycles. The van der Waals surface area contributed by atoms with Crippen molar-refractivity contribution in [1.82, 2.24) is 20.0 Å². The topological polar surface area (TPSA) is 161 Å². The lowest BCUT2D eigenvalue weighted by Crippen LogP contribution is -2.34. The fraction of sp³-hybridized carbons (Fsp3) is 0.462. The number of hydrogen-bond donors (Lipinski definition) is 4. The Morgan fingerprint density at radius 1 is 0.982 bits per heavy atom. The van der Waals surface area contributed by atoms with Crippen LogP contribution in [0, 0.1) is 5.82 Å². The number of aromatic amines is 1. The van der Waals surface area contributed by atoms with E-state index in [1.165, 1.54) is 10.8 Å². The summed E-state index contributed by atoms with van der Waals surface area (Å²) in [6.07, 6.45) is 26.0. The molecule has 0 spiro atoms. The molecule has 1 aliphatic heterocycles. The summed E-state index contributed by atoms with van der Waals surface area (Å²) in [7, 11) is -0.852. The van der Waals surface area contributed by atoms with Crippen LogP contribution in [-0.4, -0.2) is 64.0 Å². The molecule has 1 fully saturated rings. The van der Waals surface area contributed by atoms with Gasteiger partial charge in [-0.25, -0.2) is 14.4 Å². The predicted octanol–water partition coefficient (Wildman–Crippen LogP) is 7.54. The molecule has 1 amide bonds. The van der Waals surface area contributed by atoms with Crippen LogP contribution in [0.5, 0.6) is 5.75 Å². The Morgan fingerprint density at radius 3 is 2.25 bits per heavy atom. The number of hydrogen-bond acceptors (Lipinski definition) is 10. The lowest BCUT2D eigenvalue weighted by molar-refractivity contribution is -0.121. The summed E-state index contributed by atoms with van der Waals surface area (Å²) in [5.74, 6) is 0.390. The maximum absolute atomic E-state index is 13.8. The summed E-state index contributed by atoms with van der Waals surface area (Å²) in [6.45, 7) is 2.57. The standard InChI is InChI=1S/C39H54FN4O8PS2/c1-2-3-4-5-6-7-8-9-10-11-12-13-14-15-16-17-21-24-36(46)41-25-27-54-55-28-26-42-53(49,52-32-22-19-18-20-23-32)50-31-35-34(45)29-37(51-35)44-30-33(40)38(47)43-39(44)48/h3-4,6-7,9-10,12-13,15-16,18-20,22-23,30,34-35,37,45H,2,5,8,11,14,17,21,24-29,31H2,1H3,(H,41,46)(H,42,49)(H,43,47,48). The van der Waals surface area contributed by atoms with Crippen LogP contribution in [0.25, 0.3) is 0 Å². The van der Waals surface area contributed by atoms with Gasteiger partial charge in [-0.2, -0.15) is 4.39 Å². The van der Waals surface area contributed by atoms with E-state index in [-0.39, 0.29) is 25.5 Å². The fourth-order valence-corrected chi connectivity index (χ4v) is 8.32. The molecule has 1 aromatic carbocycles. The fourth-order valence-electron chi connectivity index (χ4n) is 5.02. The number of H-pyrrole nitrogens is 1. The minimum atomic E-state index is -3.95. The Kier molecular flexibility index (Phi) is 22.7. The van der Waals surface area contributed by atoms with Gasteiger partial charge in [-0.1, -0.05) is 107 Å². The average Bonchev–Trinajstić information content (AvgIpc) is 3.54. The highest BCUT2D eigenvalue weighted by Crippen LogP contribution is 2.45. The van der Waals surface area contributed by atoms with Gasteiger partial charge in [0.2, 0.25) is 11.7 Å². The number of halogens is 1. The number of benzene rings is 1. The smallest absolute Gasteiger partial charge is 0.413 e. The third-order valence-electron chi connectivity index (χ3n) is 7.83. The maximum Gasteiger partial charge on any atom is 0.458 e. The van der Waals surface area contributed by atoms with E-state index in [2.05, 4.69) is 78.1 Å². The lowest BCUT2D eigenvalue weighted by Gasteiger charge is -2.22. The van der Waals surface area contributed by atoms with Crippen LogP contribution in [0.3, 0.4) is 0 Å². The highest BCUT2D eigenvalue weighted by atomic mass is 33.1. The number of allylic oxidation sites excluding steroid dienone is 10. The van der Waals surface area contributed by atoms with Crippen molar-refractivity contribution in [3.05, 3.63) is 124 Å². The molecule has 3 rings (SSSR count). The Hall–Kier alpha value is -3.43. The summed E-state index contributed by atoms with van der Waals surface area (Å²) in [5.41, 5.74) is -2.05. The molecule has 12 nitrogen and oxygen atoms in total. The minimum Gasteiger partial charge on any atom is -0.413 e. The van der Waals surface area contributed by atoms with Crippen molar-refractivity contribution in [3.63, 3.8) is 0 Å². The molecule has 4 unspecified atom stereocenters. The van der Waals surface area contributed by atoms with Crippen LogP contribution >= 0.6 is 29.3 Å².